The van der Waals surface area contributed by atoms with E-state index in [1.54, 1.807) is 0 Å². The van der Waals surface area contributed by atoms with Crippen LogP contribution in [0.15, 0.2) is 29.1 Å². The molecule has 2 heterocycles. The van der Waals surface area contributed by atoms with Gasteiger partial charge in [0.15, 0.2) is 11.4 Å². The van der Waals surface area contributed by atoms with Crippen LogP contribution < -0.4 is 10.5 Å². The van der Waals surface area contributed by atoms with Gasteiger partial charge in [-0.1, -0.05) is 43.7 Å². The van der Waals surface area contributed by atoms with Gasteiger partial charge in [-0.2, -0.15) is 5.26 Å². The molecule has 130 valence electrons. The highest BCUT2D eigenvalue weighted by atomic mass is 16.1. The number of nitrogens with zero attached hydrogens (tertiary/aromatic N) is 3. The molecule has 3 rings (SSSR count). The first-order chi connectivity index (χ1) is 11.9. The van der Waals surface area contributed by atoms with Crippen LogP contribution in [0.2, 0.25) is 0 Å². The maximum atomic E-state index is 12.4. The summed E-state index contributed by atoms with van der Waals surface area (Å²) < 4.78 is 0. The second-order valence-electron chi connectivity index (χ2n) is 7.64. The molecule has 0 amide bonds. The number of aromatic nitrogens is 2. The van der Waals surface area contributed by atoms with Crippen molar-refractivity contribution in [1.29, 1.82) is 5.26 Å². The van der Waals surface area contributed by atoms with Crippen molar-refractivity contribution in [2.75, 3.05) is 18.0 Å². The number of hydrogen-bond acceptors (Lipinski definition) is 4. The Kier molecular flexibility index (Phi) is 4.63. The van der Waals surface area contributed by atoms with E-state index in [9.17, 15) is 10.1 Å². The third-order valence-corrected chi connectivity index (χ3v) is 4.93. The third kappa shape index (κ3) is 3.90. The third-order valence-electron chi connectivity index (χ3n) is 4.93. The summed E-state index contributed by atoms with van der Waals surface area (Å²) in [5, 5.41) is 9.41. The van der Waals surface area contributed by atoms with Crippen molar-refractivity contribution in [2.24, 2.45) is 5.41 Å². The lowest BCUT2D eigenvalue weighted by atomic mass is 9.82. The van der Waals surface area contributed by atoms with Gasteiger partial charge in [-0.25, -0.2) is 4.98 Å². The fraction of sp³-hybridized carbons (Fsp3) is 0.450. The van der Waals surface area contributed by atoms with Gasteiger partial charge in [0.25, 0.3) is 5.56 Å². The topological polar surface area (TPSA) is 72.8 Å². The lowest BCUT2D eigenvalue weighted by Gasteiger charge is -2.37. The summed E-state index contributed by atoms with van der Waals surface area (Å²) in [5.74, 6) is 1.14. The maximum absolute atomic E-state index is 12.4. The van der Waals surface area contributed by atoms with Crippen LogP contribution in [-0.4, -0.2) is 23.1 Å². The van der Waals surface area contributed by atoms with E-state index >= 15 is 0 Å². The Bertz CT molecular complexity index is 866. The van der Waals surface area contributed by atoms with Crippen LogP contribution in [0.4, 0.5) is 5.82 Å². The van der Waals surface area contributed by atoms with Gasteiger partial charge in [-0.15, -0.1) is 0 Å². The van der Waals surface area contributed by atoms with Crippen molar-refractivity contribution >= 4 is 5.82 Å². The van der Waals surface area contributed by atoms with E-state index in [-0.39, 0.29) is 11.1 Å². The van der Waals surface area contributed by atoms with Gasteiger partial charge in [0, 0.05) is 19.5 Å². The van der Waals surface area contributed by atoms with E-state index < -0.39 is 0 Å². The first-order valence-corrected chi connectivity index (χ1v) is 8.72. The lowest BCUT2D eigenvalue weighted by molar-refractivity contribution is 0.279. The minimum atomic E-state index is -0.347. The highest BCUT2D eigenvalue weighted by molar-refractivity contribution is 5.53. The molecule has 5 heteroatoms. The van der Waals surface area contributed by atoms with Gasteiger partial charge in [0.1, 0.15) is 11.9 Å². The molecule has 2 aromatic rings. The quantitative estimate of drug-likeness (QED) is 0.934. The monoisotopic (exact) mass is 336 g/mol. The van der Waals surface area contributed by atoms with Crippen molar-refractivity contribution < 1.29 is 0 Å². The van der Waals surface area contributed by atoms with Crippen LogP contribution >= 0.6 is 0 Å². The molecule has 0 saturated carbocycles. The average molecular weight is 336 g/mol. The Balaban J connectivity index is 1.93. The van der Waals surface area contributed by atoms with Crippen molar-refractivity contribution in [3.63, 3.8) is 0 Å². The zero-order chi connectivity index (χ0) is 18.0. The maximum Gasteiger partial charge on any atom is 0.271 e. The Hall–Kier alpha value is -2.61. The molecule has 1 saturated heterocycles. The zero-order valence-electron chi connectivity index (χ0n) is 15.1. The number of hydrogen-bond donors (Lipinski definition) is 1. The first-order valence-electron chi connectivity index (χ1n) is 8.72. The fourth-order valence-electron chi connectivity index (χ4n) is 3.26. The molecule has 1 aliphatic rings. The minimum absolute atomic E-state index is 0.118. The first kappa shape index (κ1) is 17.2. The highest BCUT2D eigenvalue weighted by Crippen LogP contribution is 2.32. The highest BCUT2D eigenvalue weighted by Gasteiger charge is 2.28. The molecule has 5 nitrogen and oxygen atoms in total. The number of aromatic amines is 1. The standard InChI is InChI=1S/C20H24N4O/c1-14-5-4-6-15(11-14)12-17-22-18(16(13-21)19(25)23-17)24-9-7-20(2,3)8-10-24/h4-6,11H,7-10,12H2,1-3H3,(H,22,23,25). The number of anilines is 1. The summed E-state index contributed by atoms with van der Waals surface area (Å²) in [6.45, 7) is 8.19. The molecular weight excluding hydrogens is 312 g/mol. The van der Waals surface area contributed by atoms with E-state index in [0.717, 1.165) is 31.5 Å². The molecule has 0 bridgehead atoms. The summed E-state index contributed by atoms with van der Waals surface area (Å²) in [7, 11) is 0. The molecular formula is C20H24N4O. The van der Waals surface area contributed by atoms with Crippen molar-refractivity contribution in [3.05, 3.63) is 57.1 Å². The zero-order valence-corrected chi connectivity index (χ0v) is 15.1. The van der Waals surface area contributed by atoms with Gasteiger partial charge in [-0.05, 0) is 30.7 Å². The van der Waals surface area contributed by atoms with Crippen LogP contribution in [0.1, 0.15) is 49.2 Å². The lowest BCUT2D eigenvalue weighted by Crippen LogP contribution is -2.39. The second-order valence-corrected chi connectivity index (χ2v) is 7.64. The number of H-pyrrole nitrogens is 1. The molecule has 1 aliphatic heterocycles. The number of aryl methyl sites for hydroxylation is 1. The molecule has 0 atom stereocenters. The second kappa shape index (κ2) is 6.72. The number of benzene rings is 1. The van der Waals surface area contributed by atoms with Gasteiger partial charge in [-0.3, -0.25) is 4.79 Å². The Morgan fingerprint density at radius 3 is 2.68 bits per heavy atom. The summed E-state index contributed by atoms with van der Waals surface area (Å²) >= 11 is 0. The van der Waals surface area contributed by atoms with E-state index in [4.69, 9.17) is 0 Å². The number of nitrogens with one attached hydrogen (secondary N) is 1. The summed E-state index contributed by atoms with van der Waals surface area (Å²) in [4.78, 5) is 21.9. The van der Waals surface area contributed by atoms with Crippen LogP contribution in [-0.2, 0) is 6.42 Å². The van der Waals surface area contributed by atoms with Crippen LogP contribution in [0.5, 0.6) is 0 Å². The SMILES string of the molecule is Cc1cccc(Cc2nc(N3CCC(C)(C)CC3)c(C#N)c(=O)[nH]2)c1. The van der Waals surface area contributed by atoms with Crippen molar-refractivity contribution in [1.82, 2.24) is 9.97 Å². The Labute approximate surface area is 148 Å². The Morgan fingerprint density at radius 2 is 2.04 bits per heavy atom. The summed E-state index contributed by atoms with van der Waals surface area (Å²) in [5.41, 5.74) is 2.34. The minimum Gasteiger partial charge on any atom is -0.355 e. The van der Waals surface area contributed by atoms with Crippen LogP contribution in [0.25, 0.3) is 0 Å². The number of rotatable bonds is 3. The van der Waals surface area contributed by atoms with E-state index in [0.29, 0.717) is 23.5 Å². The van der Waals surface area contributed by atoms with E-state index in [1.807, 2.05) is 31.2 Å². The fourth-order valence-corrected chi connectivity index (χ4v) is 3.26. The summed E-state index contributed by atoms with van der Waals surface area (Å²) in [6, 6.07) is 10.2. The molecule has 1 fully saturated rings. The predicted octanol–water partition coefficient (Wildman–Crippen LogP) is 3.17. The smallest absolute Gasteiger partial charge is 0.271 e. The van der Waals surface area contributed by atoms with Crippen molar-refractivity contribution in [2.45, 2.75) is 40.0 Å². The number of nitriles is 1. The molecule has 1 aromatic heterocycles. The van der Waals surface area contributed by atoms with Gasteiger partial charge < -0.3 is 9.88 Å². The summed E-state index contributed by atoms with van der Waals surface area (Å²) in [6.07, 6.45) is 2.61. The molecule has 1 N–H and O–H groups in total. The van der Waals surface area contributed by atoms with Crippen LogP contribution in [0.3, 0.4) is 0 Å². The largest absolute Gasteiger partial charge is 0.355 e. The van der Waals surface area contributed by atoms with Crippen LogP contribution in [0, 0.1) is 23.7 Å². The van der Waals surface area contributed by atoms with E-state index in [2.05, 4.69) is 34.8 Å². The van der Waals surface area contributed by atoms with Gasteiger partial charge in [0.05, 0.1) is 0 Å². The van der Waals surface area contributed by atoms with E-state index in [1.165, 1.54) is 5.56 Å². The Morgan fingerprint density at radius 1 is 1.32 bits per heavy atom. The molecule has 0 aliphatic carbocycles. The average Bonchev–Trinajstić information content (AvgIpc) is 2.54. The number of piperidine rings is 1. The molecule has 0 spiro atoms. The molecule has 1 aromatic carbocycles. The molecule has 25 heavy (non-hydrogen) atoms. The van der Waals surface area contributed by atoms with Crippen molar-refractivity contribution in [3.8, 4) is 6.07 Å². The van der Waals surface area contributed by atoms with Gasteiger partial charge in [0.2, 0.25) is 0 Å². The predicted molar refractivity (Wildman–Crippen MR) is 98.8 cm³/mol. The molecule has 0 unspecified atom stereocenters. The molecule has 0 radical (unpaired) electrons. The van der Waals surface area contributed by atoms with Gasteiger partial charge >= 0.3 is 0 Å². The normalized spacial score (nSPS) is 16.5.